The fourth-order valence-corrected chi connectivity index (χ4v) is 2.20. The van der Waals surface area contributed by atoms with Gasteiger partial charge >= 0.3 is 0 Å². The van der Waals surface area contributed by atoms with E-state index in [1.807, 2.05) is 32.0 Å². The summed E-state index contributed by atoms with van der Waals surface area (Å²) < 4.78 is 19.1. The maximum Gasteiger partial charge on any atom is 0.128 e. The van der Waals surface area contributed by atoms with Crippen molar-refractivity contribution in [3.05, 3.63) is 52.8 Å². The molecular weight excluding hydrogens is 241 g/mol. The summed E-state index contributed by atoms with van der Waals surface area (Å²) in [5.41, 5.74) is 9.97. The van der Waals surface area contributed by atoms with Crippen LogP contribution in [0.1, 0.15) is 16.7 Å². The quantitative estimate of drug-likeness (QED) is 0.914. The highest BCUT2D eigenvalue weighted by molar-refractivity contribution is 5.70. The Morgan fingerprint density at radius 3 is 2.42 bits per heavy atom. The van der Waals surface area contributed by atoms with Gasteiger partial charge in [0, 0.05) is 12.1 Å². The van der Waals surface area contributed by atoms with Gasteiger partial charge in [-0.2, -0.15) is 0 Å². The van der Waals surface area contributed by atoms with Crippen molar-refractivity contribution >= 4 is 0 Å². The first-order valence-corrected chi connectivity index (χ1v) is 6.21. The number of methoxy groups -OCH3 is 1. The normalized spacial score (nSPS) is 10.6. The van der Waals surface area contributed by atoms with Gasteiger partial charge in [0.1, 0.15) is 11.6 Å². The average molecular weight is 259 g/mol. The van der Waals surface area contributed by atoms with E-state index in [0.717, 1.165) is 28.0 Å². The van der Waals surface area contributed by atoms with Gasteiger partial charge in [0.15, 0.2) is 0 Å². The molecule has 2 aromatic rings. The summed E-state index contributed by atoms with van der Waals surface area (Å²) in [5, 5.41) is 0. The molecule has 0 saturated carbocycles. The summed E-state index contributed by atoms with van der Waals surface area (Å²) in [5.74, 6) is 0.591. The van der Waals surface area contributed by atoms with Crippen LogP contribution in [0.3, 0.4) is 0 Å². The van der Waals surface area contributed by atoms with Crippen LogP contribution in [0.25, 0.3) is 11.1 Å². The molecule has 0 saturated heterocycles. The van der Waals surface area contributed by atoms with Gasteiger partial charge in [0.05, 0.1) is 7.11 Å². The van der Waals surface area contributed by atoms with Gasteiger partial charge in [-0.1, -0.05) is 12.1 Å². The third kappa shape index (κ3) is 2.61. The lowest BCUT2D eigenvalue weighted by Crippen LogP contribution is -2.00. The molecule has 0 aliphatic heterocycles. The van der Waals surface area contributed by atoms with Crippen molar-refractivity contribution in [1.29, 1.82) is 0 Å². The zero-order chi connectivity index (χ0) is 14.0. The summed E-state index contributed by atoms with van der Waals surface area (Å²) in [7, 11) is 1.65. The molecule has 0 aliphatic rings. The van der Waals surface area contributed by atoms with Gasteiger partial charge in [-0.3, -0.25) is 0 Å². The van der Waals surface area contributed by atoms with Crippen LogP contribution in [0.4, 0.5) is 4.39 Å². The zero-order valence-corrected chi connectivity index (χ0v) is 11.5. The van der Waals surface area contributed by atoms with Crippen LogP contribution in [0.5, 0.6) is 5.75 Å². The van der Waals surface area contributed by atoms with Crippen LogP contribution in [-0.2, 0) is 6.54 Å². The molecule has 0 unspecified atom stereocenters. The molecule has 2 N–H and O–H groups in total. The Morgan fingerprint density at radius 1 is 1.11 bits per heavy atom. The van der Waals surface area contributed by atoms with Crippen molar-refractivity contribution in [1.82, 2.24) is 0 Å². The fraction of sp³-hybridized carbons (Fsp3) is 0.250. The van der Waals surface area contributed by atoms with E-state index < -0.39 is 0 Å². The minimum atomic E-state index is -0.257. The number of hydrogen-bond acceptors (Lipinski definition) is 2. The van der Waals surface area contributed by atoms with E-state index in [4.69, 9.17) is 10.5 Å². The third-order valence-electron chi connectivity index (χ3n) is 3.33. The van der Waals surface area contributed by atoms with Crippen LogP contribution < -0.4 is 10.5 Å². The first kappa shape index (κ1) is 13.6. The Balaban J connectivity index is 2.53. The predicted molar refractivity (Wildman–Crippen MR) is 75.8 cm³/mol. The molecule has 0 radical (unpaired) electrons. The minimum absolute atomic E-state index is 0.215. The van der Waals surface area contributed by atoms with Crippen LogP contribution in [0.15, 0.2) is 30.3 Å². The average Bonchev–Trinajstić information content (AvgIpc) is 2.40. The maximum atomic E-state index is 13.8. The molecule has 0 spiro atoms. The highest BCUT2D eigenvalue weighted by Gasteiger charge is 2.09. The predicted octanol–water partition coefficient (Wildman–Crippen LogP) is 3.58. The monoisotopic (exact) mass is 259 g/mol. The summed E-state index contributed by atoms with van der Waals surface area (Å²) in [4.78, 5) is 0. The number of ether oxygens (including phenoxy) is 1. The Morgan fingerprint density at radius 2 is 1.84 bits per heavy atom. The third-order valence-corrected chi connectivity index (χ3v) is 3.33. The largest absolute Gasteiger partial charge is 0.496 e. The molecule has 0 bridgehead atoms. The number of halogens is 1. The van der Waals surface area contributed by atoms with Gasteiger partial charge in [-0.25, -0.2) is 4.39 Å². The minimum Gasteiger partial charge on any atom is -0.496 e. The first-order chi connectivity index (χ1) is 9.06. The van der Waals surface area contributed by atoms with Crippen LogP contribution in [0.2, 0.25) is 0 Å². The molecule has 0 fully saturated rings. The van der Waals surface area contributed by atoms with Crippen LogP contribution in [0, 0.1) is 19.7 Å². The molecule has 100 valence electrons. The van der Waals surface area contributed by atoms with E-state index in [2.05, 4.69) is 0 Å². The highest BCUT2D eigenvalue weighted by Crippen LogP contribution is 2.30. The van der Waals surface area contributed by atoms with E-state index in [-0.39, 0.29) is 12.4 Å². The van der Waals surface area contributed by atoms with E-state index >= 15 is 0 Å². The lowest BCUT2D eigenvalue weighted by atomic mass is 9.97. The van der Waals surface area contributed by atoms with Crippen molar-refractivity contribution < 1.29 is 9.13 Å². The zero-order valence-electron chi connectivity index (χ0n) is 11.5. The Kier molecular flexibility index (Phi) is 3.86. The molecule has 0 amide bonds. The lowest BCUT2D eigenvalue weighted by Gasteiger charge is -2.12. The van der Waals surface area contributed by atoms with Crippen LogP contribution >= 0.6 is 0 Å². The summed E-state index contributed by atoms with van der Waals surface area (Å²) in [6, 6.07) is 9.17. The van der Waals surface area contributed by atoms with Gasteiger partial charge in [-0.15, -0.1) is 0 Å². The van der Waals surface area contributed by atoms with Crippen molar-refractivity contribution in [2.45, 2.75) is 20.4 Å². The number of benzene rings is 2. The van der Waals surface area contributed by atoms with Crippen molar-refractivity contribution in [3.8, 4) is 16.9 Å². The maximum absolute atomic E-state index is 13.8. The van der Waals surface area contributed by atoms with E-state index in [1.165, 1.54) is 6.07 Å². The molecule has 2 nitrogen and oxygen atoms in total. The van der Waals surface area contributed by atoms with Gasteiger partial charge in [0.25, 0.3) is 0 Å². The van der Waals surface area contributed by atoms with E-state index in [1.54, 1.807) is 13.2 Å². The second kappa shape index (κ2) is 5.41. The molecule has 0 atom stereocenters. The Labute approximate surface area is 113 Å². The van der Waals surface area contributed by atoms with Crippen LogP contribution in [-0.4, -0.2) is 7.11 Å². The Hall–Kier alpha value is -1.87. The molecule has 19 heavy (non-hydrogen) atoms. The lowest BCUT2D eigenvalue weighted by molar-refractivity contribution is 0.411. The van der Waals surface area contributed by atoms with Crippen molar-refractivity contribution in [2.75, 3.05) is 7.11 Å². The molecule has 0 aliphatic carbocycles. The standard InChI is InChI=1S/C16H18FNO/c1-10-7-16(19-3)11(2)6-14(10)12-4-5-13(9-18)15(17)8-12/h4-8H,9,18H2,1-3H3. The van der Waals surface area contributed by atoms with Gasteiger partial charge in [-0.05, 0) is 54.3 Å². The Bertz CT molecular complexity index is 608. The molecule has 3 heteroatoms. The number of aryl methyl sites for hydroxylation is 2. The highest BCUT2D eigenvalue weighted by atomic mass is 19.1. The fourth-order valence-electron chi connectivity index (χ4n) is 2.20. The second-order valence-corrected chi connectivity index (χ2v) is 4.65. The number of rotatable bonds is 3. The SMILES string of the molecule is COc1cc(C)c(-c2ccc(CN)c(F)c2)cc1C. The molecule has 2 aromatic carbocycles. The number of hydrogen-bond donors (Lipinski definition) is 1. The molecule has 2 rings (SSSR count). The smallest absolute Gasteiger partial charge is 0.128 e. The summed E-state index contributed by atoms with van der Waals surface area (Å²) in [6.45, 7) is 4.19. The van der Waals surface area contributed by atoms with Gasteiger partial charge in [0.2, 0.25) is 0 Å². The molecule has 0 aromatic heterocycles. The summed E-state index contributed by atoms with van der Waals surface area (Å²) >= 11 is 0. The number of nitrogens with two attached hydrogens (primary N) is 1. The topological polar surface area (TPSA) is 35.2 Å². The first-order valence-electron chi connectivity index (χ1n) is 6.21. The van der Waals surface area contributed by atoms with E-state index in [9.17, 15) is 4.39 Å². The van der Waals surface area contributed by atoms with Crippen molar-refractivity contribution in [2.24, 2.45) is 5.73 Å². The summed E-state index contributed by atoms with van der Waals surface area (Å²) in [6.07, 6.45) is 0. The second-order valence-electron chi connectivity index (χ2n) is 4.65. The van der Waals surface area contributed by atoms with Gasteiger partial charge < -0.3 is 10.5 Å². The molecular formula is C16H18FNO. The van der Waals surface area contributed by atoms with Crippen molar-refractivity contribution in [3.63, 3.8) is 0 Å². The molecule has 0 heterocycles. The van der Waals surface area contributed by atoms with E-state index in [0.29, 0.717) is 5.56 Å².